The minimum Gasteiger partial charge on any atom is -0.370 e. The number of nitrogens with zero attached hydrogens (tertiary/aromatic N) is 1. The van der Waals surface area contributed by atoms with Crippen LogP contribution in [0.25, 0.3) is 0 Å². The summed E-state index contributed by atoms with van der Waals surface area (Å²) in [6.07, 6.45) is 0. The Balaban J connectivity index is 2.61. The van der Waals surface area contributed by atoms with Crippen molar-refractivity contribution in [2.24, 2.45) is 10.7 Å². The molecule has 4 N–H and O–H groups in total. The number of carbonyl (C=O) groups excluding carboxylic acids is 1. The van der Waals surface area contributed by atoms with Gasteiger partial charge in [-0.25, -0.2) is 0 Å². The minimum atomic E-state index is -0.0888. The second-order valence-corrected chi connectivity index (χ2v) is 3.24. The Bertz CT molecular complexity index is 383. The van der Waals surface area contributed by atoms with E-state index >= 15 is 0 Å². The average molecular weight is 220 g/mol. The molecule has 1 rings (SSSR count). The molecule has 0 atom stereocenters. The van der Waals surface area contributed by atoms with Gasteiger partial charge in [0, 0.05) is 26.2 Å². The van der Waals surface area contributed by atoms with Crippen molar-refractivity contribution in [1.82, 2.24) is 10.6 Å². The first-order valence-corrected chi connectivity index (χ1v) is 4.94. The molecule has 0 heterocycles. The molecule has 0 saturated heterocycles. The fraction of sp³-hybridized carbons (Fsp3) is 0.273. The summed E-state index contributed by atoms with van der Waals surface area (Å²) in [5.41, 5.74) is 7.18. The van der Waals surface area contributed by atoms with Gasteiger partial charge in [0.25, 0.3) is 5.91 Å². The summed E-state index contributed by atoms with van der Waals surface area (Å²) < 4.78 is 0. The molecule has 1 amide bonds. The van der Waals surface area contributed by atoms with E-state index in [1.54, 1.807) is 26.2 Å². The summed E-state index contributed by atoms with van der Waals surface area (Å²) in [5, 5.41) is 5.50. The predicted molar refractivity (Wildman–Crippen MR) is 64.2 cm³/mol. The maximum absolute atomic E-state index is 11.3. The van der Waals surface area contributed by atoms with Gasteiger partial charge < -0.3 is 16.4 Å². The molecule has 16 heavy (non-hydrogen) atoms. The zero-order valence-electron chi connectivity index (χ0n) is 9.45. The monoisotopic (exact) mass is 220 g/mol. The highest BCUT2D eigenvalue weighted by atomic mass is 16.1. The number of benzene rings is 1. The summed E-state index contributed by atoms with van der Waals surface area (Å²) in [5.74, 6) is 0.310. The van der Waals surface area contributed by atoms with E-state index in [0.29, 0.717) is 18.1 Å². The van der Waals surface area contributed by atoms with Gasteiger partial charge >= 0.3 is 0 Å². The zero-order valence-corrected chi connectivity index (χ0v) is 9.45. The molecule has 0 aromatic heterocycles. The zero-order chi connectivity index (χ0) is 12.0. The summed E-state index contributed by atoms with van der Waals surface area (Å²) in [4.78, 5) is 15.1. The molecule has 0 unspecified atom stereocenters. The van der Waals surface area contributed by atoms with E-state index in [1.165, 1.54) is 0 Å². The number of nitrogens with one attached hydrogen (secondary N) is 2. The topological polar surface area (TPSA) is 79.5 Å². The lowest BCUT2D eigenvalue weighted by Crippen LogP contribution is -2.30. The van der Waals surface area contributed by atoms with Crippen molar-refractivity contribution in [1.29, 1.82) is 0 Å². The Morgan fingerprint density at radius 2 is 2.00 bits per heavy atom. The van der Waals surface area contributed by atoms with Gasteiger partial charge in [0.15, 0.2) is 5.96 Å². The molecule has 0 spiro atoms. The van der Waals surface area contributed by atoms with Crippen molar-refractivity contribution in [2.75, 3.05) is 14.1 Å². The van der Waals surface area contributed by atoms with Gasteiger partial charge in [-0.1, -0.05) is 12.1 Å². The van der Waals surface area contributed by atoms with Gasteiger partial charge in [-0.05, 0) is 17.7 Å². The third-order valence-corrected chi connectivity index (χ3v) is 2.16. The van der Waals surface area contributed by atoms with Gasteiger partial charge in [0.2, 0.25) is 0 Å². The van der Waals surface area contributed by atoms with Gasteiger partial charge in [-0.2, -0.15) is 0 Å². The summed E-state index contributed by atoms with van der Waals surface area (Å²) >= 11 is 0. The normalized spacial score (nSPS) is 11.0. The fourth-order valence-corrected chi connectivity index (χ4v) is 1.19. The van der Waals surface area contributed by atoms with Crippen LogP contribution in [-0.4, -0.2) is 26.0 Å². The van der Waals surface area contributed by atoms with Crippen molar-refractivity contribution in [3.63, 3.8) is 0 Å². The van der Waals surface area contributed by atoms with E-state index in [4.69, 9.17) is 5.73 Å². The summed E-state index contributed by atoms with van der Waals surface area (Å²) in [6.45, 7) is 0.594. The SMILES string of the molecule is CN=C(N)NCc1ccc(C(=O)NC)cc1. The van der Waals surface area contributed by atoms with Crippen LogP contribution in [0.4, 0.5) is 0 Å². The van der Waals surface area contributed by atoms with Gasteiger partial charge in [-0.3, -0.25) is 9.79 Å². The molecule has 5 nitrogen and oxygen atoms in total. The molecule has 0 radical (unpaired) electrons. The summed E-state index contributed by atoms with van der Waals surface area (Å²) in [7, 11) is 3.23. The van der Waals surface area contributed by atoms with Crippen molar-refractivity contribution in [3.8, 4) is 0 Å². The Labute approximate surface area is 94.8 Å². The Morgan fingerprint density at radius 3 is 2.50 bits per heavy atom. The lowest BCUT2D eigenvalue weighted by Gasteiger charge is -2.05. The molecule has 1 aromatic rings. The number of hydrogen-bond donors (Lipinski definition) is 3. The van der Waals surface area contributed by atoms with Crippen LogP contribution >= 0.6 is 0 Å². The molecule has 0 aliphatic heterocycles. The highest BCUT2D eigenvalue weighted by molar-refractivity contribution is 5.93. The van der Waals surface area contributed by atoms with Crippen LogP contribution in [0, 0.1) is 0 Å². The van der Waals surface area contributed by atoms with Crippen LogP contribution in [0.1, 0.15) is 15.9 Å². The summed E-state index contributed by atoms with van der Waals surface area (Å²) in [6, 6.07) is 7.30. The van der Waals surface area contributed by atoms with Gasteiger partial charge in [0.1, 0.15) is 0 Å². The standard InChI is InChI=1S/C11H16N4O/c1-13-10(16)9-5-3-8(4-6-9)7-15-11(12)14-2/h3-6H,7H2,1-2H3,(H,13,16)(H3,12,14,15). The molecule has 0 saturated carbocycles. The highest BCUT2D eigenvalue weighted by Gasteiger charge is 2.01. The molecule has 0 fully saturated rings. The Hall–Kier alpha value is -2.04. The minimum absolute atomic E-state index is 0.0888. The number of guanidine groups is 1. The van der Waals surface area contributed by atoms with Gasteiger partial charge in [0.05, 0.1) is 0 Å². The maximum atomic E-state index is 11.3. The van der Waals surface area contributed by atoms with E-state index in [1.807, 2.05) is 12.1 Å². The van der Waals surface area contributed by atoms with Crippen LogP contribution in [0.2, 0.25) is 0 Å². The molecular formula is C11H16N4O. The Kier molecular flexibility index (Phi) is 4.32. The second kappa shape index (κ2) is 5.75. The first kappa shape index (κ1) is 12.0. The van der Waals surface area contributed by atoms with E-state index in [-0.39, 0.29) is 5.91 Å². The fourth-order valence-electron chi connectivity index (χ4n) is 1.19. The molecule has 0 aliphatic carbocycles. The van der Waals surface area contributed by atoms with E-state index in [2.05, 4.69) is 15.6 Å². The molecule has 86 valence electrons. The lowest BCUT2D eigenvalue weighted by atomic mass is 10.1. The molecule has 5 heteroatoms. The molecule has 0 bridgehead atoms. The smallest absolute Gasteiger partial charge is 0.251 e. The first-order chi connectivity index (χ1) is 7.67. The second-order valence-electron chi connectivity index (χ2n) is 3.24. The average Bonchev–Trinajstić information content (AvgIpc) is 2.35. The third-order valence-electron chi connectivity index (χ3n) is 2.16. The predicted octanol–water partition coefficient (Wildman–Crippen LogP) is 0.0803. The number of hydrogen-bond acceptors (Lipinski definition) is 2. The third kappa shape index (κ3) is 3.27. The van der Waals surface area contributed by atoms with Crippen molar-refractivity contribution < 1.29 is 4.79 Å². The van der Waals surface area contributed by atoms with Crippen LogP contribution < -0.4 is 16.4 Å². The van der Waals surface area contributed by atoms with Crippen LogP contribution in [0.3, 0.4) is 0 Å². The largest absolute Gasteiger partial charge is 0.370 e. The number of rotatable bonds is 3. The van der Waals surface area contributed by atoms with Crippen LogP contribution in [0.5, 0.6) is 0 Å². The highest BCUT2D eigenvalue weighted by Crippen LogP contribution is 2.03. The quantitative estimate of drug-likeness (QED) is 0.498. The van der Waals surface area contributed by atoms with Crippen molar-refractivity contribution in [2.45, 2.75) is 6.54 Å². The van der Waals surface area contributed by atoms with Crippen molar-refractivity contribution in [3.05, 3.63) is 35.4 Å². The number of aliphatic imine (C=N–C) groups is 1. The number of nitrogens with two attached hydrogens (primary N) is 1. The van der Waals surface area contributed by atoms with Crippen LogP contribution in [0.15, 0.2) is 29.3 Å². The molecular weight excluding hydrogens is 204 g/mol. The number of carbonyl (C=O) groups is 1. The van der Waals surface area contributed by atoms with E-state index in [0.717, 1.165) is 5.56 Å². The molecule has 1 aromatic carbocycles. The maximum Gasteiger partial charge on any atom is 0.251 e. The Morgan fingerprint density at radius 1 is 1.38 bits per heavy atom. The van der Waals surface area contributed by atoms with Crippen molar-refractivity contribution >= 4 is 11.9 Å². The van der Waals surface area contributed by atoms with E-state index in [9.17, 15) is 4.79 Å². The van der Waals surface area contributed by atoms with Gasteiger partial charge in [-0.15, -0.1) is 0 Å². The number of amides is 1. The van der Waals surface area contributed by atoms with Crippen LogP contribution in [-0.2, 0) is 6.54 Å². The molecule has 0 aliphatic rings. The lowest BCUT2D eigenvalue weighted by molar-refractivity contribution is 0.0963. The van der Waals surface area contributed by atoms with E-state index < -0.39 is 0 Å². The first-order valence-electron chi connectivity index (χ1n) is 4.94.